The summed E-state index contributed by atoms with van der Waals surface area (Å²) in [6, 6.07) is 15.9. The van der Waals surface area contributed by atoms with Gasteiger partial charge in [0.05, 0.1) is 7.11 Å². The Labute approximate surface area is 152 Å². The van der Waals surface area contributed by atoms with Crippen LogP contribution in [0.1, 0.15) is 22.7 Å². The first kappa shape index (κ1) is 17.9. The lowest BCUT2D eigenvalue weighted by Crippen LogP contribution is -2.13. The van der Waals surface area contributed by atoms with Crippen LogP contribution in [-0.2, 0) is 13.0 Å². The average molecular weight is 352 g/mol. The van der Waals surface area contributed by atoms with Gasteiger partial charge in [0.25, 0.3) is 0 Å². The summed E-state index contributed by atoms with van der Waals surface area (Å²) in [6.07, 6.45) is 4.12. The summed E-state index contributed by atoms with van der Waals surface area (Å²) in [6.45, 7) is 0.138. The van der Waals surface area contributed by atoms with E-state index in [-0.39, 0.29) is 18.5 Å². The third-order valence-electron chi connectivity index (χ3n) is 4.16. The van der Waals surface area contributed by atoms with Gasteiger partial charge in [0.1, 0.15) is 12.4 Å². The molecule has 1 aromatic heterocycles. The van der Waals surface area contributed by atoms with Crippen LogP contribution in [0.2, 0.25) is 0 Å². The zero-order valence-electron chi connectivity index (χ0n) is 14.6. The molecule has 3 aromatic rings. The van der Waals surface area contributed by atoms with E-state index >= 15 is 0 Å². The van der Waals surface area contributed by atoms with Crippen molar-refractivity contribution in [2.75, 3.05) is 7.11 Å². The molecule has 0 amide bonds. The number of hydrogen-bond donors (Lipinski definition) is 1. The number of nitrogens with zero attached hydrogens (tertiary/aromatic N) is 1. The van der Waals surface area contributed by atoms with Gasteiger partial charge in [0.2, 0.25) is 0 Å². The SMILES string of the molecule is COc1cc(CC(N)c2ccncc2)ccc1OCc1ccccc1F. The summed E-state index contributed by atoms with van der Waals surface area (Å²) in [5.41, 5.74) is 8.82. The number of nitrogens with two attached hydrogens (primary N) is 1. The van der Waals surface area contributed by atoms with Crippen LogP contribution >= 0.6 is 0 Å². The fourth-order valence-electron chi connectivity index (χ4n) is 2.71. The van der Waals surface area contributed by atoms with Crippen LogP contribution in [0.3, 0.4) is 0 Å². The lowest BCUT2D eigenvalue weighted by Gasteiger charge is -2.15. The molecule has 1 atom stereocenters. The number of hydrogen-bond acceptors (Lipinski definition) is 4. The van der Waals surface area contributed by atoms with E-state index < -0.39 is 0 Å². The van der Waals surface area contributed by atoms with Crippen molar-refractivity contribution >= 4 is 0 Å². The maximum atomic E-state index is 13.7. The molecule has 2 aromatic carbocycles. The van der Waals surface area contributed by atoms with Crippen molar-refractivity contribution in [1.29, 1.82) is 0 Å². The molecule has 0 spiro atoms. The second kappa shape index (κ2) is 8.45. The van der Waals surface area contributed by atoms with Crippen LogP contribution in [-0.4, -0.2) is 12.1 Å². The Hall–Kier alpha value is -2.92. The van der Waals surface area contributed by atoms with Gasteiger partial charge in [0, 0.05) is 24.0 Å². The molecular weight excluding hydrogens is 331 g/mol. The van der Waals surface area contributed by atoms with Gasteiger partial charge in [-0.15, -0.1) is 0 Å². The first-order valence-electron chi connectivity index (χ1n) is 8.36. The lowest BCUT2D eigenvalue weighted by molar-refractivity contribution is 0.279. The molecule has 1 heterocycles. The highest BCUT2D eigenvalue weighted by Crippen LogP contribution is 2.30. The van der Waals surface area contributed by atoms with Crippen LogP contribution < -0.4 is 15.2 Å². The van der Waals surface area contributed by atoms with Crippen molar-refractivity contribution < 1.29 is 13.9 Å². The molecule has 134 valence electrons. The van der Waals surface area contributed by atoms with Gasteiger partial charge < -0.3 is 15.2 Å². The molecule has 0 aliphatic heterocycles. The maximum absolute atomic E-state index is 13.7. The Morgan fingerprint density at radius 3 is 2.54 bits per heavy atom. The van der Waals surface area contributed by atoms with Crippen molar-refractivity contribution in [1.82, 2.24) is 4.98 Å². The summed E-state index contributed by atoms with van der Waals surface area (Å²) in [5.74, 6) is 0.879. The lowest BCUT2D eigenvalue weighted by atomic mass is 10.0. The van der Waals surface area contributed by atoms with Crippen molar-refractivity contribution in [3.63, 3.8) is 0 Å². The molecule has 1 unspecified atom stereocenters. The van der Waals surface area contributed by atoms with Gasteiger partial charge in [-0.25, -0.2) is 4.39 Å². The first-order valence-corrected chi connectivity index (χ1v) is 8.36. The molecule has 3 rings (SSSR count). The van der Waals surface area contributed by atoms with Gasteiger partial charge in [-0.3, -0.25) is 4.98 Å². The topological polar surface area (TPSA) is 57.4 Å². The van der Waals surface area contributed by atoms with Gasteiger partial charge in [-0.2, -0.15) is 0 Å². The van der Waals surface area contributed by atoms with Crippen LogP contribution in [0.25, 0.3) is 0 Å². The predicted molar refractivity (Wildman–Crippen MR) is 98.6 cm³/mol. The number of benzene rings is 2. The predicted octanol–water partition coefficient (Wildman–Crippen LogP) is 4.05. The summed E-state index contributed by atoms with van der Waals surface area (Å²) in [4.78, 5) is 4.01. The van der Waals surface area contributed by atoms with E-state index in [9.17, 15) is 4.39 Å². The summed E-state index contributed by atoms with van der Waals surface area (Å²) in [5, 5.41) is 0. The Morgan fingerprint density at radius 2 is 1.81 bits per heavy atom. The van der Waals surface area contributed by atoms with Crippen LogP contribution in [0.5, 0.6) is 11.5 Å². The van der Waals surface area contributed by atoms with E-state index in [1.807, 2.05) is 30.3 Å². The molecular formula is C21H21FN2O2. The molecule has 26 heavy (non-hydrogen) atoms. The normalized spacial score (nSPS) is 11.8. The Morgan fingerprint density at radius 1 is 1.04 bits per heavy atom. The minimum Gasteiger partial charge on any atom is -0.493 e. The highest BCUT2D eigenvalue weighted by Gasteiger charge is 2.11. The quantitative estimate of drug-likeness (QED) is 0.697. The largest absolute Gasteiger partial charge is 0.493 e. The number of ether oxygens (including phenoxy) is 2. The Kier molecular flexibility index (Phi) is 5.81. The van der Waals surface area contributed by atoms with Crippen molar-refractivity contribution in [2.45, 2.75) is 19.1 Å². The van der Waals surface area contributed by atoms with E-state index in [4.69, 9.17) is 15.2 Å². The molecule has 0 saturated heterocycles. The fraction of sp³-hybridized carbons (Fsp3) is 0.190. The van der Waals surface area contributed by atoms with E-state index in [0.29, 0.717) is 23.5 Å². The number of halogens is 1. The monoisotopic (exact) mass is 352 g/mol. The zero-order valence-corrected chi connectivity index (χ0v) is 14.6. The van der Waals surface area contributed by atoms with E-state index in [1.165, 1.54) is 6.07 Å². The van der Waals surface area contributed by atoms with Gasteiger partial charge in [-0.1, -0.05) is 24.3 Å². The molecule has 0 radical (unpaired) electrons. The molecule has 0 fully saturated rings. The molecule has 5 heteroatoms. The average Bonchev–Trinajstić information content (AvgIpc) is 2.68. The molecule has 2 N–H and O–H groups in total. The highest BCUT2D eigenvalue weighted by atomic mass is 19.1. The number of pyridine rings is 1. The molecule has 0 saturated carbocycles. The molecule has 0 aliphatic rings. The summed E-state index contributed by atoms with van der Waals surface area (Å²) >= 11 is 0. The number of rotatable bonds is 7. The minimum absolute atomic E-state index is 0.132. The van der Waals surface area contributed by atoms with Gasteiger partial charge in [0.15, 0.2) is 11.5 Å². The fourth-order valence-corrected chi connectivity index (χ4v) is 2.71. The summed E-state index contributed by atoms with van der Waals surface area (Å²) in [7, 11) is 1.58. The van der Waals surface area contributed by atoms with Crippen molar-refractivity contribution in [3.05, 3.63) is 89.5 Å². The second-order valence-corrected chi connectivity index (χ2v) is 5.96. The minimum atomic E-state index is -0.286. The third kappa shape index (κ3) is 4.37. The third-order valence-corrected chi connectivity index (χ3v) is 4.16. The molecule has 0 aliphatic carbocycles. The first-order chi connectivity index (χ1) is 12.7. The van der Waals surface area contributed by atoms with Crippen LogP contribution in [0.15, 0.2) is 67.0 Å². The molecule has 0 bridgehead atoms. The van der Waals surface area contributed by atoms with Gasteiger partial charge in [-0.05, 0) is 47.9 Å². The number of aromatic nitrogens is 1. The van der Waals surface area contributed by atoms with Crippen molar-refractivity contribution in [2.24, 2.45) is 5.73 Å². The van der Waals surface area contributed by atoms with E-state index in [0.717, 1.165) is 11.1 Å². The van der Waals surface area contributed by atoms with E-state index in [1.54, 1.807) is 37.7 Å². The smallest absolute Gasteiger partial charge is 0.161 e. The highest BCUT2D eigenvalue weighted by molar-refractivity contribution is 5.43. The van der Waals surface area contributed by atoms with Crippen LogP contribution in [0, 0.1) is 5.82 Å². The standard InChI is InChI=1S/C21H21FN2O2/c1-25-21-13-15(12-19(23)16-8-10-24-11-9-16)6-7-20(21)26-14-17-4-2-3-5-18(17)22/h2-11,13,19H,12,14,23H2,1H3. The summed E-state index contributed by atoms with van der Waals surface area (Å²) < 4.78 is 24.9. The second-order valence-electron chi connectivity index (χ2n) is 5.96. The van der Waals surface area contributed by atoms with Crippen molar-refractivity contribution in [3.8, 4) is 11.5 Å². The van der Waals surface area contributed by atoms with E-state index in [2.05, 4.69) is 4.98 Å². The maximum Gasteiger partial charge on any atom is 0.161 e. The Bertz CT molecular complexity index is 856. The zero-order chi connectivity index (χ0) is 18.4. The number of methoxy groups -OCH3 is 1. The van der Waals surface area contributed by atoms with Crippen LogP contribution in [0.4, 0.5) is 4.39 Å². The van der Waals surface area contributed by atoms with Gasteiger partial charge >= 0.3 is 0 Å². The molecule has 4 nitrogen and oxygen atoms in total. The Balaban J connectivity index is 1.70.